The van der Waals surface area contributed by atoms with E-state index in [0.717, 1.165) is 0 Å². The molecule has 1 atom stereocenters. The molecule has 1 N–H and O–H groups in total. The highest BCUT2D eigenvalue weighted by atomic mass is 16.5. The Hall–Kier alpha value is -4.20. The molecule has 0 aliphatic carbocycles. The third-order valence-electron chi connectivity index (χ3n) is 5.41. The summed E-state index contributed by atoms with van der Waals surface area (Å²) in [6, 6.07) is 16.1. The predicted octanol–water partition coefficient (Wildman–Crippen LogP) is 4.21. The SMILES string of the molecule is COc1ccc(C(O)=C2C(=O)C(=O)N(c3ccc(C)nn3)C2c2ccc(OC(C)C)cc2)cc1. The van der Waals surface area contributed by atoms with Crippen molar-refractivity contribution in [1.82, 2.24) is 10.2 Å². The summed E-state index contributed by atoms with van der Waals surface area (Å²) in [5.41, 5.74) is 1.65. The minimum atomic E-state index is -0.896. The zero-order valence-electron chi connectivity index (χ0n) is 19.4. The molecule has 1 saturated heterocycles. The fourth-order valence-electron chi connectivity index (χ4n) is 3.81. The number of aliphatic hydroxyl groups excluding tert-OH is 1. The van der Waals surface area contributed by atoms with Gasteiger partial charge in [0.05, 0.1) is 30.5 Å². The molecule has 1 aromatic heterocycles. The molecule has 1 aliphatic heterocycles. The van der Waals surface area contributed by atoms with Crippen molar-refractivity contribution in [3.63, 3.8) is 0 Å². The van der Waals surface area contributed by atoms with Crippen molar-refractivity contribution in [3.8, 4) is 11.5 Å². The molecule has 8 nitrogen and oxygen atoms in total. The van der Waals surface area contributed by atoms with E-state index < -0.39 is 17.7 Å². The number of aliphatic hydroxyl groups is 1. The quantitative estimate of drug-likeness (QED) is 0.335. The Morgan fingerprint density at radius 3 is 2.15 bits per heavy atom. The molecule has 0 radical (unpaired) electrons. The number of carbonyl (C=O) groups excluding carboxylic acids is 2. The Labute approximate surface area is 197 Å². The van der Waals surface area contributed by atoms with E-state index in [-0.39, 0.29) is 23.3 Å². The van der Waals surface area contributed by atoms with E-state index in [2.05, 4.69) is 10.2 Å². The van der Waals surface area contributed by atoms with Crippen LogP contribution in [0.4, 0.5) is 5.82 Å². The van der Waals surface area contributed by atoms with Crippen LogP contribution in [-0.2, 0) is 9.59 Å². The van der Waals surface area contributed by atoms with Crippen LogP contribution in [0.5, 0.6) is 11.5 Å². The maximum absolute atomic E-state index is 13.2. The van der Waals surface area contributed by atoms with Gasteiger partial charge in [-0.05, 0) is 74.9 Å². The van der Waals surface area contributed by atoms with E-state index in [1.807, 2.05) is 13.8 Å². The molecule has 3 aromatic rings. The number of ketones is 1. The molecule has 1 unspecified atom stereocenters. The van der Waals surface area contributed by atoms with Crippen LogP contribution < -0.4 is 14.4 Å². The van der Waals surface area contributed by atoms with Crippen molar-refractivity contribution in [3.05, 3.63) is 83.1 Å². The lowest BCUT2D eigenvalue weighted by Crippen LogP contribution is -2.30. The molecular formula is C26H25N3O5. The monoisotopic (exact) mass is 459 g/mol. The van der Waals surface area contributed by atoms with Gasteiger partial charge >= 0.3 is 5.91 Å². The maximum atomic E-state index is 13.2. The lowest BCUT2D eigenvalue weighted by atomic mass is 9.95. The van der Waals surface area contributed by atoms with E-state index in [0.29, 0.717) is 28.3 Å². The van der Waals surface area contributed by atoms with Gasteiger partial charge in [0.15, 0.2) is 5.82 Å². The van der Waals surface area contributed by atoms with E-state index >= 15 is 0 Å². The van der Waals surface area contributed by atoms with Gasteiger partial charge in [-0.1, -0.05) is 12.1 Å². The first-order valence-corrected chi connectivity index (χ1v) is 10.8. The van der Waals surface area contributed by atoms with Crippen molar-refractivity contribution >= 4 is 23.3 Å². The highest BCUT2D eigenvalue weighted by Gasteiger charge is 2.47. The molecule has 2 heterocycles. The van der Waals surface area contributed by atoms with E-state index in [1.54, 1.807) is 67.6 Å². The number of Topliss-reactive ketones (excluding diaryl/α,β-unsaturated/α-hetero) is 1. The van der Waals surface area contributed by atoms with Crippen LogP contribution in [0, 0.1) is 6.92 Å². The smallest absolute Gasteiger partial charge is 0.301 e. The Balaban J connectivity index is 1.86. The van der Waals surface area contributed by atoms with Crippen molar-refractivity contribution in [1.29, 1.82) is 0 Å². The number of aromatic nitrogens is 2. The van der Waals surface area contributed by atoms with Crippen LogP contribution >= 0.6 is 0 Å². The van der Waals surface area contributed by atoms with Crippen LogP contribution in [-0.4, -0.2) is 40.2 Å². The number of hydrogen-bond acceptors (Lipinski definition) is 7. The summed E-state index contributed by atoms with van der Waals surface area (Å²) in [5, 5.41) is 19.3. The number of methoxy groups -OCH3 is 1. The first kappa shape index (κ1) is 23.0. The van der Waals surface area contributed by atoms with Crippen LogP contribution in [0.25, 0.3) is 5.76 Å². The molecule has 0 saturated carbocycles. The largest absolute Gasteiger partial charge is 0.507 e. The lowest BCUT2D eigenvalue weighted by Gasteiger charge is -2.24. The minimum absolute atomic E-state index is 0.00519. The first-order chi connectivity index (χ1) is 16.3. The zero-order chi connectivity index (χ0) is 24.4. The van der Waals surface area contributed by atoms with Gasteiger partial charge in [0.25, 0.3) is 5.78 Å². The summed E-state index contributed by atoms with van der Waals surface area (Å²) < 4.78 is 10.9. The van der Waals surface area contributed by atoms with E-state index in [4.69, 9.17) is 9.47 Å². The molecule has 174 valence electrons. The third kappa shape index (κ3) is 4.34. The Bertz CT molecular complexity index is 1230. The topological polar surface area (TPSA) is 102 Å². The average molecular weight is 460 g/mol. The van der Waals surface area contributed by atoms with Gasteiger partial charge in [0, 0.05) is 5.56 Å². The van der Waals surface area contributed by atoms with Gasteiger partial charge in [0.2, 0.25) is 0 Å². The molecule has 2 aromatic carbocycles. The summed E-state index contributed by atoms with van der Waals surface area (Å²) in [4.78, 5) is 27.6. The van der Waals surface area contributed by atoms with Gasteiger partial charge in [-0.25, -0.2) is 0 Å². The maximum Gasteiger partial charge on any atom is 0.301 e. The number of rotatable bonds is 6. The summed E-state index contributed by atoms with van der Waals surface area (Å²) in [7, 11) is 1.54. The molecule has 0 bridgehead atoms. The second-order valence-corrected chi connectivity index (χ2v) is 8.17. The first-order valence-electron chi connectivity index (χ1n) is 10.8. The van der Waals surface area contributed by atoms with Gasteiger partial charge in [0.1, 0.15) is 17.3 Å². The minimum Gasteiger partial charge on any atom is -0.507 e. The molecule has 1 amide bonds. The molecule has 34 heavy (non-hydrogen) atoms. The second kappa shape index (κ2) is 9.35. The summed E-state index contributed by atoms with van der Waals surface area (Å²) in [6.45, 7) is 5.63. The number of anilines is 1. The summed E-state index contributed by atoms with van der Waals surface area (Å²) >= 11 is 0. The zero-order valence-corrected chi connectivity index (χ0v) is 19.4. The fourth-order valence-corrected chi connectivity index (χ4v) is 3.81. The third-order valence-corrected chi connectivity index (χ3v) is 5.41. The number of ether oxygens (including phenoxy) is 2. The number of aryl methyl sites for hydroxylation is 1. The highest BCUT2D eigenvalue weighted by Crippen LogP contribution is 2.42. The van der Waals surface area contributed by atoms with E-state index in [9.17, 15) is 14.7 Å². The van der Waals surface area contributed by atoms with Crippen LogP contribution in [0.3, 0.4) is 0 Å². The normalized spacial score (nSPS) is 17.3. The predicted molar refractivity (Wildman–Crippen MR) is 127 cm³/mol. The Kier molecular flexibility index (Phi) is 6.32. The summed E-state index contributed by atoms with van der Waals surface area (Å²) in [6.07, 6.45) is -0.00519. The van der Waals surface area contributed by atoms with Crippen molar-refractivity contribution in [2.45, 2.75) is 32.9 Å². The molecule has 0 spiro atoms. The van der Waals surface area contributed by atoms with Crippen LogP contribution in [0.1, 0.15) is 36.7 Å². The Morgan fingerprint density at radius 2 is 1.59 bits per heavy atom. The fraction of sp³-hybridized carbons (Fsp3) is 0.231. The van der Waals surface area contributed by atoms with Gasteiger partial charge in [-0.2, -0.15) is 5.10 Å². The number of carbonyl (C=O) groups is 2. The van der Waals surface area contributed by atoms with Crippen LogP contribution in [0.15, 0.2) is 66.2 Å². The lowest BCUT2D eigenvalue weighted by molar-refractivity contribution is -0.132. The van der Waals surface area contributed by atoms with Crippen molar-refractivity contribution < 1.29 is 24.2 Å². The molecule has 1 aliphatic rings. The molecular weight excluding hydrogens is 434 g/mol. The van der Waals surface area contributed by atoms with Gasteiger partial charge in [-0.3, -0.25) is 14.5 Å². The van der Waals surface area contributed by atoms with Gasteiger partial charge < -0.3 is 14.6 Å². The number of hydrogen-bond donors (Lipinski definition) is 1. The van der Waals surface area contributed by atoms with Gasteiger partial charge in [-0.15, -0.1) is 5.10 Å². The molecule has 4 rings (SSSR count). The summed E-state index contributed by atoms with van der Waals surface area (Å²) in [5.74, 6) is -0.404. The number of nitrogens with zero attached hydrogens (tertiary/aromatic N) is 3. The number of benzene rings is 2. The molecule has 8 heteroatoms. The van der Waals surface area contributed by atoms with Crippen molar-refractivity contribution in [2.75, 3.05) is 12.0 Å². The standard InChI is InChI=1S/C26H25N3O5/c1-15(2)34-20-12-6-17(7-13-20)23-22(24(30)18-8-10-19(33-4)11-9-18)25(31)26(32)29(23)21-14-5-16(3)27-28-21/h5-15,23,30H,1-4H3. The average Bonchev–Trinajstić information content (AvgIpc) is 3.10. The molecule has 1 fully saturated rings. The van der Waals surface area contributed by atoms with Crippen molar-refractivity contribution in [2.24, 2.45) is 0 Å². The second-order valence-electron chi connectivity index (χ2n) is 8.17. The number of amides is 1. The Morgan fingerprint density at radius 1 is 0.941 bits per heavy atom. The van der Waals surface area contributed by atoms with Crippen LogP contribution in [0.2, 0.25) is 0 Å². The van der Waals surface area contributed by atoms with E-state index in [1.165, 1.54) is 12.0 Å². The highest BCUT2D eigenvalue weighted by molar-refractivity contribution is 6.51.